The van der Waals surface area contributed by atoms with Gasteiger partial charge in [0.1, 0.15) is 0 Å². The van der Waals surface area contributed by atoms with Crippen LogP contribution in [0.4, 0.5) is 0 Å². The fourth-order valence-corrected chi connectivity index (χ4v) is 1.94. The number of oxazole rings is 1. The van der Waals surface area contributed by atoms with Gasteiger partial charge in [-0.3, -0.25) is 4.79 Å². The van der Waals surface area contributed by atoms with Crippen molar-refractivity contribution < 1.29 is 9.21 Å². The van der Waals surface area contributed by atoms with E-state index >= 15 is 0 Å². The summed E-state index contributed by atoms with van der Waals surface area (Å²) >= 11 is 5.84. The van der Waals surface area contributed by atoms with Crippen molar-refractivity contribution in [3.8, 4) is 11.3 Å². The van der Waals surface area contributed by atoms with Crippen molar-refractivity contribution in [3.63, 3.8) is 0 Å². The maximum atomic E-state index is 11.6. The number of carbonyl (C=O) groups is 1. The van der Waals surface area contributed by atoms with E-state index in [0.29, 0.717) is 42.6 Å². The Balaban J connectivity index is 0.00000242. The van der Waals surface area contributed by atoms with Crippen LogP contribution in [0.15, 0.2) is 34.9 Å². The number of halogens is 3. The van der Waals surface area contributed by atoms with Crippen LogP contribution in [-0.4, -0.2) is 24.0 Å². The van der Waals surface area contributed by atoms with Crippen molar-refractivity contribution in [1.82, 2.24) is 10.3 Å². The third kappa shape index (κ3) is 7.22. The monoisotopic (exact) mass is 379 g/mol. The number of amides is 1. The van der Waals surface area contributed by atoms with Crippen molar-refractivity contribution in [2.45, 2.75) is 19.3 Å². The van der Waals surface area contributed by atoms with Crippen LogP contribution in [0.25, 0.3) is 11.3 Å². The first kappa shape index (κ1) is 21.7. The molecule has 0 aliphatic rings. The summed E-state index contributed by atoms with van der Waals surface area (Å²) in [6.07, 6.45) is 3.27. The number of carbonyl (C=O) groups excluding carboxylic acids is 1. The molecule has 3 N–H and O–H groups in total. The third-order valence-corrected chi connectivity index (χ3v) is 3.20. The van der Waals surface area contributed by atoms with Gasteiger partial charge in [0.05, 0.1) is 6.20 Å². The highest BCUT2D eigenvalue weighted by Crippen LogP contribution is 2.22. The molecule has 1 heterocycles. The standard InChI is InChI=1S/C15H18ClN3O2.2ClH/c16-12-4-2-11(3-5-12)13-10-19-15(21-13)7-6-14(20)18-9-1-8-17;;/h2-5,10H,1,6-9,17H2,(H,18,20);2*1H. The van der Waals surface area contributed by atoms with Crippen LogP contribution in [0.2, 0.25) is 5.02 Å². The van der Waals surface area contributed by atoms with Gasteiger partial charge in [-0.1, -0.05) is 11.6 Å². The fourth-order valence-electron chi connectivity index (χ4n) is 1.81. The van der Waals surface area contributed by atoms with Gasteiger partial charge in [0, 0.05) is 30.0 Å². The van der Waals surface area contributed by atoms with E-state index in [0.717, 1.165) is 12.0 Å². The molecule has 5 nitrogen and oxygen atoms in total. The molecule has 23 heavy (non-hydrogen) atoms. The average Bonchev–Trinajstić information content (AvgIpc) is 2.95. The Labute approximate surface area is 152 Å². The van der Waals surface area contributed by atoms with Gasteiger partial charge in [-0.15, -0.1) is 24.8 Å². The van der Waals surface area contributed by atoms with Crippen LogP contribution in [0.5, 0.6) is 0 Å². The Morgan fingerprint density at radius 1 is 1.26 bits per heavy atom. The number of aryl methyl sites for hydroxylation is 1. The SMILES string of the molecule is Cl.Cl.NCCCNC(=O)CCc1ncc(-c2ccc(Cl)cc2)o1. The normalized spacial score (nSPS) is 9.65. The minimum Gasteiger partial charge on any atom is -0.441 e. The Bertz CT molecular complexity index is 588. The fraction of sp³-hybridized carbons (Fsp3) is 0.333. The van der Waals surface area contributed by atoms with E-state index in [1.54, 1.807) is 18.3 Å². The zero-order chi connectivity index (χ0) is 15.1. The van der Waals surface area contributed by atoms with Gasteiger partial charge in [-0.25, -0.2) is 4.98 Å². The number of hydrogen-bond donors (Lipinski definition) is 2. The minimum absolute atomic E-state index is 0. The molecule has 1 aromatic carbocycles. The second kappa shape index (κ2) is 11.3. The Morgan fingerprint density at radius 2 is 1.96 bits per heavy atom. The molecular formula is C15H20Cl3N3O2. The first-order valence-corrected chi connectivity index (χ1v) is 7.24. The largest absolute Gasteiger partial charge is 0.441 e. The molecule has 0 spiro atoms. The quantitative estimate of drug-likeness (QED) is 0.723. The second-order valence-electron chi connectivity index (χ2n) is 4.62. The van der Waals surface area contributed by atoms with E-state index in [-0.39, 0.29) is 30.7 Å². The summed E-state index contributed by atoms with van der Waals surface area (Å²) in [4.78, 5) is 15.8. The van der Waals surface area contributed by atoms with E-state index < -0.39 is 0 Å². The first-order chi connectivity index (χ1) is 10.2. The van der Waals surface area contributed by atoms with Crippen LogP contribution >= 0.6 is 36.4 Å². The predicted octanol–water partition coefficient (Wildman–Crippen LogP) is 3.24. The molecule has 0 radical (unpaired) electrons. The Kier molecular flexibility index (Phi) is 10.7. The van der Waals surface area contributed by atoms with Crippen LogP contribution in [0, 0.1) is 0 Å². The summed E-state index contributed by atoms with van der Waals surface area (Å²) in [5, 5.41) is 3.47. The number of nitrogens with two attached hydrogens (primary N) is 1. The molecule has 0 atom stereocenters. The summed E-state index contributed by atoms with van der Waals surface area (Å²) in [6.45, 7) is 1.18. The number of nitrogens with one attached hydrogen (secondary N) is 1. The summed E-state index contributed by atoms with van der Waals surface area (Å²) in [5.74, 6) is 1.20. The summed E-state index contributed by atoms with van der Waals surface area (Å²) in [7, 11) is 0. The Morgan fingerprint density at radius 3 is 2.61 bits per heavy atom. The van der Waals surface area contributed by atoms with E-state index in [4.69, 9.17) is 21.8 Å². The average molecular weight is 381 g/mol. The highest BCUT2D eigenvalue weighted by Gasteiger charge is 2.08. The van der Waals surface area contributed by atoms with Gasteiger partial charge in [-0.05, 0) is 37.2 Å². The molecule has 2 rings (SSSR count). The zero-order valence-electron chi connectivity index (χ0n) is 12.5. The first-order valence-electron chi connectivity index (χ1n) is 6.86. The van der Waals surface area contributed by atoms with E-state index in [1.165, 1.54) is 0 Å². The molecule has 0 aliphatic carbocycles. The maximum absolute atomic E-state index is 11.6. The van der Waals surface area contributed by atoms with Crippen molar-refractivity contribution in [2.75, 3.05) is 13.1 Å². The van der Waals surface area contributed by atoms with Gasteiger partial charge in [0.15, 0.2) is 11.7 Å². The van der Waals surface area contributed by atoms with Gasteiger partial charge >= 0.3 is 0 Å². The lowest BCUT2D eigenvalue weighted by atomic mass is 10.2. The number of rotatable bonds is 7. The minimum atomic E-state index is -0.0188. The number of hydrogen-bond acceptors (Lipinski definition) is 4. The third-order valence-electron chi connectivity index (χ3n) is 2.95. The highest BCUT2D eigenvalue weighted by atomic mass is 35.5. The number of nitrogens with zero attached hydrogens (tertiary/aromatic N) is 1. The molecule has 0 aliphatic heterocycles. The molecule has 0 fully saturated rings. The van der Waals surface area contributed by atoms with Gasteiger partial charge in [0.2, 0.25) is 5.91 Å². The summed E-state index contributed by atoms with van der Waals surface area (Å²) < 4.78 is 5.63. The van der Waals surface area contributed by atoms with Crippen LogP contribution in [-0.2, 0) is 11.2 Å². The molecule has 0 bridgehead atoms. The number of benzene rings is 1. The van der Waals surface area contributed by atoms with Crippen LogP contribution in [0.3, 0.4) is 0 Å². The molecule has 128 valence electrons. The molecular weight excluding hydrogens is 361 g/mol. The van der Waals surface area contributed by atoms with Gasteiger partial charge < -0.3 is 15.5 Å². The zero-order valence-corrected chi connectivity index (χ0v) is 14.8. The summed E-state index contributed by atoms with van der Waals surface area (Å²) in [6, 6.07) is 7.33. The molecule has 0 saturated heterocycles. The molecule has 0 unspecified atom stereocenters. The lowest BCUT2D eigenvalue weighted by Crippen LogP contribution is -2.26. The lowest BCUT2D eigenvalue weighted by molar-refractivity contribution is -0.121. The van der Waals surface area contributed by atoms with Crippen molar-refractivity contribution in [3.05, 3.63) is 41.4 Å². The lowest BCUT2D eigenvalue weighted by Gasteiger charge is -2.02. The van der Waals surface area contributed by atoms with Gasteiger partial charge in [0.25, 0.3) is 0 Å². The molecule has 2 aromatic rings. The molecule has 1 aromatic heterocycles. The van der Waals surface area contributed by atoms with Crippen molar-refractivity contribution in [2.24, 2.45) is 5.73 Å². The van der Waals surface area contributed by atoms with Crippen molar-refractivity contribution in [1.29, 1.82) is 0 Å². The van der Waals surface area contributed by atoms with Crippen LogP contribution in [0.1, 0.15) is 18.7 Å². The van der Waals surface area contributed by atoms with E-state index in [2.05, 4.69) is 10.3 Å². The smallest absolute Gasteiger partial charge is 0.220 e. The molecule has 0 saturated carbocycles. The van der Waals surface area contributed by atoms with Crippen LogP contribution < -0.4 is 11.1 Å². The second-order valence-corrected chi connectivity index (χ2v) is 5.05. The number of aromatic nitrogens is 1. The van der Waals surface area contributed by atoms with E-state index in [1.807, 2.05) is 12.1 Å². The topological polar surface area (TPSA) is 81.1 Å². The van der Waals surface area contributed by atoms with Crippen molar-refractivity contribution >= 4 is 42.3 Å². The summed E-state index contributed by atoms with van der Waals surface area (Å²) in [5.41, 5.74) is 6.27. The highest BCUT2D eigenvalue weighted by molar-refractivity contribution is 6.30. The Hall–Kier alpha value is -1.27. The molecule has 1 amide bonds. The maximum Gasteiger partial charge on any atom is 0.220 e. The predicted molar refractivity (Wildman–Crippen MR) is 96.4 cm³/mol. The molecule has 8 heteroatoms. The van der Waals surface area contributed by atoms with E-state index in [9.17, 15) is 4.79 Å². The van der Waals surface area contributed by atoms with Gasteiger partial charge in [-0.2, -0.15) is 0 Å².